The molecule has 2 N–H and O–H groups in total. The quantitative estimate of drug-likeness (QED) is 0.764. The van der Waals surface area contributed by atoms with Crippen molar-refractivity contribution in [2.45, 2.75) is 13.5 Å². The topological polar surface area (TPSA) is 96.4 Å². The average Bonchev–Trinajstić information content (AvgIpc) is 2.45. The van der Waals surface area contributed by atoms with Crippen LogP contribution >= 0.6 is 11.3 Å². The van der Waals surface area contributed by atoms with Gasteiger partial charge in [-0.15, -0.1) is 11.3 Å². The number of aliphatic carboxylic acids is 1. The number of aryl methyl sites for hydroxylation is 1. The molecule has 1 aromatic heterocycles. The second-order valence-electron chi connectivity index (χ2n) is 2.83. The summed E-state index contributed by atoms with van der Waals surface area (Å²) in [6, 6.07) is 0. The first kappa shape index (κ1) is 12.1. The van der Waals surface area contributed by atoms with Crippen LogP contribution in [0.2, 0.25) is 0 Å². The zero-order valence-electron chi connectivity index (χ0n) is 7.93. The number of carboxylic acids is 1. The molecule has 1 heterocycles. The third kappa shape index (κ3) is 3.94. The molecule has 0 spiro atoms. The summed E-state index contributed by atoms with van der Waals surface area (Å²) in [7, 11) is -3.74. The number of hydrogen-bond donors (Lipinski definition) is 2. The van der Waals surface area contributed by atoms with Crippen molar-refractivity contribution in [3.05, 3.63) is 16.1 Å². The molecule has 84 valence electrons. The molecule has 0 atom stereocenters. The van der Waals surface area contributed by atoms with Crippen LogP contribution in [0.15, 0.2) is 5.51 Å². The molecule has 0 aliphatic rings. The van der Waals surface area contributed by atoms with Crippen LogP contribution in [0.25, 0.3) is 0 Å². The summed E-state index contributed by atoms with van der Waals surface area (Å²) in [6.45, 7) is 1.85. The Labute approximate surface area is 91.0 Å². The molecule has 0 aliphatic heterocycles. The highest BCUT2D eigenvalue weighted by molar-refractivity contribution is 7.90. The molecule has 0 amide bonds. The summed E-state index contributed by atoms with van der Waals surface area (Å²) >= 11 is 1.32. The fourth-order valence-electron chi connectivity index (χ4n) is 0.885. The molecule has 0 aliphatic carbocycles. The standard InChI is InChI=1S/C7H10N2O4S2/c1-5-6(14-4-8-5)2-9-15(12,13)3-7(10)11/h4,9H,2-3H2,1H3,(H,10,11). The Balaban J connectivity index is 2.58. The molecule has 0 unspecified atom stereocenters. The zero-order valence-corrected chi connectivity index (χ0v) is 9.56. The third-order valence-corrected chi connectivity index (χ3v) is 3.76. The summed E-state index contributed by atoms with van der Waals surface area (Å²) in [5, 5.41) is 8.33. The molecule has 0 fully saturated rings. The second kappa shape index (κ2) is 4.69. The number of thiazole rings is 1. The van der Waals surface area contributed by atoms with Crippen molar-refractivity contribution in [3.63, 3.8) is 0 Å². The monoisotopic (exact) mass is 250 g/mol. The van der Waals surface area contributed by atoms with E-state index < -0.39 is 21.7 Å². The minimum atomic E-state index is -3.74. The van der Waals surface area contributed by atoms with E-state index in [4.69, 9.17) is 5.11 Å². The van der Waals surface area contributed by atoms with Crippen LogP contribution in [-0.4, -0.2) is 30.2 Å². The van der Waals surface area contributed by atoms with Gasteiger partial charge in [-0.1, -0.05) is 0 Å². The molecule has 8 heteroatoms. The maximum atomic E-state index is 11.1. The SMILES string of the molecule is Cc1ncsc1CNS(=O)(=O)CC(=O)O. The Kier molecular flexibility index (Phi) is 3.77. The fourth-order valence-corrected chi connectivity index (χ4v) is 2.48. The minimum Gasteiger partial charge on any atom is -0.480 e. The first-order chi connectivity index (χ1) is 6.91. The van der Waals surface area contributed by atoms with Gasteiger partial charge in [0.2, 0.25) is 10.0 Å². The van der Waals surface area contributed by atoms with Crippen molar-refractivity contribution in [3.8, 4) is 0 Å². The van der Waals surface area contributed by atoms with Crippen LogP contribution in [0.4, 0.5) is 0 Å². The van der Waals surface area contributed by atoms with Gasteiger partial charge in [0.15, 0.2) is 5.75 Å². The number of aromatic nitrogens is 1. The maximum Gasteiger partial charge on any atom is 0.320 e. The lowest BCUT2D eigenvalue weighted by atomic mass is 10.4. The Bertz CT molecular complexity index is 451. The van der Waals surface area contributed by atoms with E-state index in [0.29, 0.717) is 0 Å². The highest BCUT2D eigenvalue weighted by Gasteiger charge is 2.15. The van der Waals surface area contributed by atoms with Crippen LogP contribution in [0.3, 0.4) is 0 Å². The van der Waals surface area contributed by atoms with E-state index in [1.54, 1.807) is 12.4 Å². The first-order valence-electron chi connectivity index (χ1n) is 3.99. The van der Waals surface area contributed by atoms with Crippen LogP contribution < -0.4 is 4.72 Å². The maximum absolute atomic E-state index is 11.1. The number of hydrogen-bond acceptors (Lipinski definition) is 5. The van der Waals surface area contributed by atoms with Crippen LogP contribution in [0.1, 0.15) is 10.6 Å². The van der Waals surface area contributed by atoms with Gasteiger partial charge in [0.25, 0.3) is 0 Å². The van der Waals surface area contributed by atoms with Crippen molar-refractivity contribution in [1.29, 1.82) is 0 Å². The summed E-state index contributed by atoms with van der Waals surface area (Å²) in [4.78, 5) is 14.9. The smallest absolute Gasteiger partial charge is 0.320 e. The normalized spacial score (nSPS) is 11.5. The van der Waals surface area contributed by atoms with E-state index in [1.165, 1.54) is 11.3 Å². The molecular formula is C7H10N2O4S2. The van der Waals surface area contributed by atoms with Crippen LogP contribution in [0.5, 0.6) is 0 Å². The van der Waals surface area contributed by atoms with Gasteiger partial charge >= 0.3 is 5.97 Å². The number of carboxylic acid groups (broad SMARTS) is 1. The van der Waals surface area contributed by atoms with E-state index in [-0.39, 0.29) is 6.54 Å². The molecule has 0 bridgehead atoms. The van der Waals surface area contributed by atoms with Gasteiger partial charge < -0.3 is 5.11 Å². The van der Waals surface area contributed by atoms with Gasteiger partial charge in [0, 0.05) is 11.4 Å². The minimum absolute atomic E-state index is 0.0894. The summed E-state index contributed by atoms with van der Waals surface area (Å²) < 4.78 is 24.5. The van der Waals surface area contributed by atoms with Crippen molar-refractivity contribution in [2.24, 2.45) is 0 Å². The predicted octanol–water partition coefficient (Wildman–Crippen LogP) is -0.0445. The Morgan fingerprint density at radius 2 is 2.33 bits per heavy atom. The zero-order chi connectivity index (χ0) is 11.5. The van der Waals surface area contributed by atoms with E-state index in [1.807, 2.05) is 0 Å². The van der Waals surface area contributed by atoms with Crippen LogP contribution in [-0.2, 0) is 21.4 Å². The average molecular weight is 250 g/mol. The van der Waals surface area contributed by atoms with Gasteiger partial charge in [-0.2, -0.15) is 0 Å². The lowest BCUT2D eigenvalue weighted by Crippen LogP contribution is -2.29. The third-order valence-electron chi connectivity index (χ3n) is 1.61. The highest BCUT2D eigenvalue weighted by atomic mass is 32.2. The second-order valence-corrected chi connectivity index (χ2v) is 5.58. The molecule has 0 saturated carbocycles. The summed E-state index contributed by atoms with van der Waals surface area (Å²) in [5.74, 6) is -2.28. The van der Waals surface area contributed by atoms with Gasteiger partial charge in [-0.25, -0.2) is 18.1 Å². The Morgan fingerprint density at radius 3 is 2.80 bits per heavy atom. The van der Waals surface area contributed by atoms with Gasteiger partial charge in [0.05, 0.1) is 11.2 Å². The first-order valence-corrected chi connectivity index (χ1v) is 6.52. The summed E-state index contributed by atoms with van der Waals surface area (Å²) in [5.41, 5.74) is 2.36. The fraction of sp³-hybridized carbons (Fsp3) is 0.429. The number of carbonyl (C=O) groups is 1. The molecule has 15 heavy (non-hydrogen) atoms. The van der Waals surface area contributed by atoms with E-state index in [0.717, 1.165) is 10.6 Å². The van der Waals surface area contributed by atoms with Crippen LogP contribution in [0, 0.1) is 6.92 Å². The van der Waals surface area contributed by atoms with E-state index in [9.17, 15) is 13.2 Å². The van der Waals surface area contributed by atoms with Gasteiger partial charge in [-0.05, 0) is 6.92 Å². The number of nitrogens with zero attached hydrogens (tertiary/aromatic N) is 1. The molecule has 0 saturated heterocycles. The lowest BCUT2D eigenvalue weighted by molar-refractivity contribution is -0.134. The number of nitrogens with one attached hydrogen (secondary N) is 1. The molecule has 0 aromatic carbocycles. The van der Waals surface area contributed by atoms with Crippen molar-refractivity contribution in [2.75, 3.05) is 5.75 Å². The van der Waals surface area contributed by atoms with Gasteiger partial charge in [0.1, 0.15) is 0 Å². The van der Waals surface area contributed by atoms with Gasteiger partial charge in [-0.3, -0.25) is 4.79 Å². The lowest BCUT2D eigenvalue weighted by Gasteiger charge is -2.02. The molecule has 6 nitrogen and oxygen atoms in total. The van der Waals surface area contributed by atoms with E-state index >= 15 is 0 Å². The van der Waals surface area contributed by atoms with Crippen molar-refractivity contribution in [1.82, 2.24) is 9.71 Å². The molecular weight excluding hydrogens is 240 g/mol. The molecule has 1 rings (SSSR count). The molecule has 1 aromatic rings. The molecule has 0 radical (unpaired) electrons. The van der Waals surface area contributed by atoms with Crippen molar-refractivity contribution >= 4 is 27.3 Å². The predicted molar refractivity (Wildman–Crippen MR) is 55.1 cm³/mol. The largest absolute Gasteiger partial charge is 0.480 e. The Morgan fingerprint density at radius 1 is 1.67 bits per heavy atom. The van der Waals surface area contributed by atoms with E-state index in [2.05, 4.69) is 9.71 Å². The summed E-state index contributed by atoms with van der Waals surface area (Å²) in [6.07, 6.45) is 0. The number of rotatable bonds is 5. The Hall–Kier alpha value is -0.990. The highest BCUT2D eigenvalue weighted by Crippen LogP contribution is 2.11. The van der Waals surface area contributed by atoms with Crippen molar-refractivity contribution < 1.29 is 18.3 Å². The number of sulfonamides is 1.